The van der Waals surface area contributed by atoms with Crippen molar-refractivity contribution in [3.63, 3.8) is 0 Å². The topological polar surface area (TPSA) is 86.2 Å². The van der Waals surface area contributed by atoms with Gasteiger partial charge in [0.05, 0.1) is 11.6 Å². The van der Waals surface area contributed by atoms with E-state index in [4.69, 9.17) is 25.8 Å². The zero-order valence-corrected chi connectivity index (χ0v) is 21.9. The largest absolute Gasteiger partial charge is 0.490 e. The number of hydrogen-bond donors (Lipinski definition) is 1. The SMILES string of the molecule is CCOc1cc(/C=C2\N=C(c3ccc(NC(C)=O)cc3)OC2=O)cc(Cl)c1OCc1cccc(Br)c1. The van der Waals surface area contributed by atoms with Crippen LogP contribution < -0.4 is 14.8 Å². The first-order chi connectivity index (χ1) is 17.3. The zero-order chi connectivity index (χ0) is 25.7. The molecule has 1 aliphatic rings. The molecule has 1 amide bonds. The minimum atomic E-state index is -0.583. The number of hydrogen-bond acceptors (Lipinski definition) is 6. The van der Waals surface area contributed by atoms with Gasteiger partial charge in [-0.3, -0.25) is 4.79 Å². The molecule has 0 fully saturated rings. The van der Waals surface area contributed by atoms with Crippen LogP contribution in [0.5, 0.6) is 11.5 Å². The van der Waals surface area contributed by atoms with E-state index in [1.807, 2.05) is 31.2 Å². The molecule has 0 unspecified atom stereocenters. The molecular formula is C27H22BrClN2O5. The lowest BCUT2D eigenvalue weighted by Gasteiger charge is -2.14. The van der Waals surface area contributed by atoms with Crippen molar-refractivity contribution in [3.05, 3.63) is 92.5 Å². The minimum absolute atomic E-state index is 0.122. The van der Waals surface area contributed by atoms with Crippen LogP contribution in [0.2, 0.25) is 5.02 Å². The van der Waals surface area contributed by atoms with Gasteiger partial charge in [-0.2, -0.15) is 0 Å². The third-order valence-corrected chi connectivity index (χ3v) is 5.75. The van der Waals surface area contributed by atoms with Gasteiger partial charge in [0, 0.05) is 22.6 Å². The van der Waals surface area contributed by atoms with Gasteiger partial charge in [0.1, 0.15) is 6.61 Å². The van der Waals surface area contributed by atoms with E-state index in [-0.39, 0.29) is 17.5 Å². The van der Waals surface area contributed by atoms with Gasteiger partial charge in [0.25, 0.3) is 0 Å². The van der Waals surface area contributed by atoms with E-state index in [0.29, 0.717) is 46.5 Å². The van der Waals surface area contributed by atoms with Gasteiger partial charge in [-0.15, -0.1) is 0 Å². The van der Waals surface area contributed by atoms with Crippen LogP contribution in [0, 0.1) is 0 Å². The monoisotopic (exact) mass is 568 g/mol. The number of anilines is 1. The van der Waals surface area contributed by atoms with Gasteiger partial charge in [0.2, 0.25) is 11.8 Å². The maximum atomic E-state index is 12.5. The predicted molar refractivity (Wildman–Crippen MR) is 142 cm³/mol. The highest BCUT2D eigenvalue weighted by Crippen LogP contribution is 2.38. The lowest BCUT2D eigenvalue weighted by atomic mass is 10.1. The smallest absolute Gasteiger partial charge is 0.363 e. The van der Waals surface area contributed by atoms with Crippen LogP contribution in [0.4, 0.5) is 5.69 Å². The molecule has 0 spiro atoms. The summed E-state index contributed by atoms with van der Waals surface area (Å²) in [7, 11) is 0. The number of halogens is 2. The fourth-order valence-corrected chi connectivity index (χ4v) is 4.17. The Morgan fingerprint density at radius 2 is 1.92 bits per heavy atom. The summed E-state index contributed by atoms with van der Waals surface area (Å²) in [6.07, 6.45) is 1.58. The highest BCUT2D eigenvalue weighted by molar-refractivity contribution is 9.10. The molecule has 1 N–H and O–H groups in total. The molecule has 7 nitrogen and oxygen atoms in total. The number of nitrogens with one attached hydrogen (secondary N) is 1. The summed E-state index contributed by atoms with van der Waals surface area (Å²) >= 11 is 9.99. The second kappa shape index (κ2) is 11.4. The number of aliphatic imine (C=N–C) groups is 1. The molecule has 0 aromatic heterocycles. The maximum Gasteiger partial charge on any atom is 0.363 e. The normalized spacial score (nSPS) is 13.8. The third-order valence-electron chi connectivity index (χ3n) is 4.98. The fourth-order valence-electron chi connectivity index (χ4n) is 3.45. The molecule has 0 saturated carbocycles. The predicted octanol–water partition coefficient (Wildman–Crippen LogP) is 6.38. The first-order valence-electron chi connectivity index (χ1n) is 11.1. The first kappa shape index (κ1) is 25.5. The summed E-state index contributed by atoms with van der Waals surface area (Å²) in [5.41, 5.74) is 2.93. The lowest BCUT2D eigenvalue weighted by molar-refractivity contribution is -0.129. The minimum Gasteiger partial charge on any atom is -0.490 e. The van der Waals surface area contributed by atoms with Crippen molar-refractivity contribution in [1.82, 2.24) is 0 Å². The molecule has 0 bridgehead atoms. The van der Waals surface area contributed by atoms with Crippen molar-refractivity contribution >= 4 is 57.1 Å². The number of cyclic esters (lactones) is 1. The standard InChI is InChI=1S/C27H22BrClN2O5/c1-3-34-24-14-18(12-22(29)25(24)35-15-17-5-4-6-20(28)11-17)13-23-27(33)36-26(31-23)19-7-9-21(10-8-19)30-16(2)32/h4-14H,3,15H2,1-2H3,(H,30,32)/b23-13-. The maximum absolute atomic E-state index is 12.5. The van der Waals surface area contributed by atoms with Gasteiger partial charge in [-0.05, 0) is 72.7 Å². The Bertz CT molecular complexity index is 1370. The summed E-state index contributed by atoms with van der Waals surface area (Å²) in [4.78, 5) is 28.0. The average Bonchev–Trinajstić information content (AvgIpc) is 3.19. The van der Waals surface area contributed by atoms with Crippen molar-refractivity contribution < 1.29 is 23.8 Å². The number of ether oxygens (including phenoxy) is 3. The molecule has 0 aliphatic carbocycles. The molecule has 4 rings (SSSR count). The number of nitrogens with zero attached hydrogens (tertiary/aromatic N) is 1. The Morgan fingerprint density at radius 1 is 1.14 bits per heavy atom. The molecule has 1 heterocycles. The van der Waals surface area contributed by atoms with E-state index >= 15 is 0 Å². The molecule has 1 aliphatic heterocycles. The van der Waals surface area contributed by atoms with Crippen LogP contribution in [0.1, 0.15) is 30.5 Å². The summed E-state index contributed by atoms with van der Waals surface area (Å²) < 4.78 is 18.0. The molecule has 184 valence electrons. The molecule has 0 radical (unpaired) electrons. The number of carbonyl (C=O) groups is 2. The van der Waals surface area contributed by atoms with Crippen LogP contribution in [0.15, 0.2) is 75.8 Å². The lowest BCUT2D eigenvalue weighted by Crippen LogP contribution is -2.07. The van der Waals surface area contributed by atoms with Gasteiger partial charge in [0.15, 0.2) is 17.2 Å². The van der Waals surface area contributed by atoms with Crippen molar-refractivity contribution in [3.8, 4) is 11.5 Å². The third kappa shape index (κ3) is 6.33. The van der Waals surface area contributed by atoms with E-state index in [2.05, 4.69) is 26.2 Å². The molecule has 0 saturated heterocycles. The van der Waals surface area contributed by atoms with E-state index < -0.39 is 5.97 Å². The second-order valence-corrected chi connectivity index (χ2v) is 9.10. The molecule has 3 aromatic carbocycles. The van der Waals surface area contributed by atoms with E-state index in [9.17, 15) is 9.59 Å². The Labute approximate surface area is 221 Å². The van der Waals surface area contributed by atoms with E-state index in [0.717, 1.165) is 10.0 Å². The van der Waals surface area contributed by atoms with E-state index in [1.165, 1.54) is 6.92 Å². The van der Waals surface area contributed by atoms with Crippen molar-refractivity contribution in [2.75, 3.05) is 11.9 Å². The Balaban J connectivity index is 1.57. The Morgan fingerprint density at radius 3 is 2.61 bits per heavy atom. The van der Waals surface area contributed by atoms with Crippen LogP contribution in [-0.2, 0) is 20.9 Å². The number of rotatable bonds is 8. The summed E-state index contributed by atoms with van der Waals surface area (Å²) in [5.74, 6) is 0.284. The van der Waals surface area contributed by atoms with Crippen molar-refractivity contribution in [1.29, 1.82) is 0 Å². The molecule has 9 heteroatoms. The highest BCUT2D eigenvalue weighted by atomic mass is 79.9. The average molecular weight is 570 g/mol. The van der Waals surface area contributed by atoms with Crippen LogP contribution >= 0.6 is 27.5 Å². The Kier molecular flexibility index (Phi) is 8.07. The summed E-state index contributed by atoms with van der Waals surface area (Å²) in [5, 5.41) is 3.02. The van der Waals surface area contributed by atoms with E-state index in [1.54, 1.807) is 42.5 Å². The highest BCUT2D eigenvalue weighted by Gasteiger charge is 2.24. The molecule has 36 heavy (non-hydrogen) atoms. The number of benzene rings is 3. The Hall–Kier alpha value is -3.62. The number of esters is 1. The van der Waals surface area contributed by atoms with Crippen molar-refractivity contribution in [2.24, 2.45) is 4.99 Å². The zero-order valence-electron chi connectivity index (χ0n) is 19.5. The number of amides is 1. The van der Waals surface area contributed by atoms with Crippen LogP contribution in [0.3, 0.4) is 0 Å². The second-order valence-electron chi connectivity index (χ2n) is 7.78. The van der Waals surface area contributed by atoms with Gasteiger partial charge in [-0.1, -0.05) is 39.7 Å². The van der Waals surface area contributed by atoms with Crippen molar-refractivity contribution in [2.45, 2.75) is 20.5 Å². The van der Waals surface area contributed by atoms with Gasteiger partial charge < -0.3 is 19.5 Å². The quantitative estimate of drug-likeness (QED) is 0.251. The fraction of sp³-hybridized carbons (Fsp3) is 0.148. The summed E-state index contributed by atoms with van der Waals surface area (Å²) in [6.45, 7) is 4.00. The van der Waals surface area contributed by atoms with Gasteiger partial charge >= 0.3 is 5.97 Å². The first-order valence-corrected chi connectivity index (χ1v) is 12.2. The summed E-state index contributed by atoms with van der Waals surface area (Å²) in [6, 6.07) is 18.0. The number of carbonyl (C=O) groups excluding carboxylic acids is 2. The van der Waals surface area contributed by atoms with Crippen LogP contribution in [0.25, 0.3) is 6.08 Å². The molecule has 3 aromatic rings. The van der Waals surface area contributed by atoms with Crippen LogP contribution in [-0.4, -0.2) is 24.4 Å². The van der Waals surface area contributed by atoms with Gasteiger partial charge in [-0.25, -0.2) is 9.79 Å². The molecule has 0 atom stereocenters. The molecular weight excluding hydrogens is 548 g/mol.